The molecule has 1 N–H and O–H groups in total. The summed E-state index contributed by atoms with van der Waals surface area (Å²) in [6.45, 7) is 1.07. The normalized spacial score (nSPS) is 35.4. The minimum Gasteiger partial charge on any atom is -0.392 e. The van der Waals surface area contributed by atoms with Crippen LogP contribution < -0.4 is 0 Å². The molecule has 1 fully saturated rings. The maximum Gasteiger partial charge on any atom is 0.117 e. The molecule has 0 saturated heterocycles. The maximum absolute atomic E-state index is 10.3. The Morgan fingerprint density at radius 2 is 2.20 bits per heavy atom. The molecule has 1 spiro atoms. The van der Waals surface area contributed by atoms with Gasteiger partial charge in [-0.15, -0.1) is 0 Å². The summed E-state index contributed by atoms with van der Waals surface area (Å²) >= 11 is 0. The highest BCUT2D eigenvalue weighted by atomic mass is 16.3. The number of aliphatic hydroxyl groups is 1. The molecule has 0 unspecified atom stereocenters. The lowest BCUT2D eigenvalue weighted by atomic mass is 9.67. The number of aliphatic hydroxyl groups excluding tert-OH is 1. The number of fused-ring (bicyclic) bond motifs is 2. The third-order valence-electron chi connectivity index (χ3n) is 4.17. The number of hydrogen-bond donors (Lipinski definition) is 1. The van der Waals surface area contributed by atoms with Gasteiger partial charge in [-0.3, -0.25) is 0 Å². The van der Waals surface area contributed by atoms with Gasteiger partial charge in [0.1, 0.15) is 5.82 Å². The highest BCUT2D eigenvalue weighted by Crippen LogP contribution is 2.44. The van der Waals surface area contributed by atoms with E-state index in [-0.39, 0.29) is 11.5 Å². The van der Waals surface area contributed by atoms with E-state index in [0.29, 0.717) is 0 Å². The van der Waals surface area contributed by atoms with Crippen molar-refractivity contribution < 1.29 is 5.11 Å². The quantitative estimate of drug-likeness (QED) is 0.703. The lowest BCUT2D eigenvalue weighted by molar-refractivity contribution is 0.0204. The molecule has 1 saturated carbocycles. The Kier molecular flexibility index (Phi) is 2.09. The first-order valence-corrected chi connectivity index (χ1v) is 6.03. The minimum absolute atomic E-state index is 0.0139. The fourth-order valence-electron chi connectivity index (χ4n) is 3.37. The molecule has 1 aromatic rings. The van der Waals surface area contributed by atoms with Gasteiger partial charge in [0.2, 0.25) is 0 Å². The largest absolute Gasteiger partial charge is 0.392 e. The summed E-state index contributed by atoms with van der Waals surface area (Å²) in [6, 6.07) is 0. The fraction of sp³-hybridized carbons (Fsp3) is 0.750. The van der Waals surface area contributed by atoms with E-state index in [2.05, 4.69) is 15.7 Å². The van der Waals surface area contributed by atoms with E-state index in [9.17, 15) is 5.11 Å². The Hall–Kier alpha value is -0.830. The summed E-state index contributed by atoms with van der Waals surface area (Å²) in [6.07, 6.45) is 10.5. The Bertz CT molecular complexity index is 360. The Morgan fingerprint density at radius 3 is 3.07 bits per heavy atom. The smallest absolute Gasteiger partial charge is 0.117 e. The average Bonchev–Trinajstić information content (AvgIpc) is 2.72. The van der Waals surface area contributed by atoms with Gasteiger partial charge in [-0.25, -0.2) is 4.98 Å². The Morgan fingerprint density at radius 1 is 1.33 bits per heavy atom. The lowest BCUT2D eigenvalue weighted by Crippen LogP contribution is -2.46. The predicted molar refractivity (Wildman–Crippen MR) is 57.6 cm³/mol. The van der Waals surface area contributed by atoms with Crippen molar-refractivity contribution in [3.63, 3.8) is 0 Å². The number of hydrogen-bond acceptors (Lipinski definition) is 2. The predicted octanol–water partition coefficient (Wildman–Crippen LogP) is 1.85. The van der Waals surface area contributed by atoms with Crippen LogP contribution in [0.3, 0.4) is 0 Å². The van der Waals surface area contributed by atoms with Gasteiger partial charge < -0.3 is 9.67 Å². The second-order valence-corrected chi connectivity index (χ2v) is 4.97. The summed E-state index contributed by atoms with van der Waals surface area (Å²) in [5.41, 5.74) is -0.0139. The second kappa shape index (κ2) is 3.34. The lowest BCUT2D eigenvalue weighted by Gasteiger charge is -2.43. The summed E-state index contributed by atoms with van der Waals surface area (Å²) in [5, 5.41) is 10.3. The molecule has 3 rings (SSSR count). The summed E-state index contributed by atoms with van der Waals surface area (Å²) in [7, 11) is 0. The highest BCUT2D eigenvalue weighted by Gasteiger charge is 2.45. The van der Waals surface area contributed by atoms with Gasteiger partial charge in [0.15, 0.2) is 0 Å². The van der Waals surface area contributed by atoms with E-state index in [1.807, 2.05) is 6.20 Å². The van der Waals surface area contributed by atoms with Crippen molar-refractivity contribution in [2.75, 3.05) is 0 Å². The average molecular weight is 206 g/mol. The molecule has 3 nitrogen and oxygen atoms in total. The van der Waals surface area contributed by atoms with Crippen LogP contribution in [-0.2, 0) is 12.0 Å². The van der Waals surface area contributed by atoms with Gasteiger partial charge >= 0.3 is 0 Å². The molecule has 0 amide bonds. The molecule has 0 radical (unpaired) electrons. The van der Waals surface area contributed by atoms with Crippen molar-refractivity contribution >= 4 is 0 Å². The van der Waals surface area contributed by atoms with E-state index in [1.54, 1.807) is 0 Å². The summed E-state index contributed by atoms with van der Waals surface area (Å²) in [4.78, 5) is 4.49. The van der Waals surface area contributed by atoms with Crippen LogP contribution in [-0.4, -0.2) is 20.8 Å². The molecule has 0 bridgehead atoms. The van der Waals surface area contributed by atoms with E-state index in [4.69, 9.17) is 0 Å². The van der Waals surface area contributed by atoms with E-state index >= 15 is 0 Å². The molecule has 1 aromatic heterocycles. The third kappa shape index (κ3) is 1.26. The topological polar surface area (TPSA) is 38.0 Å². The van der Waals surface area contributed by atoms with Gasteiger partial charge in [0.25, 0.3) is 0 Å². The second-order valence-electron chi connectivity index (χ2n) is 4.97. The molecule has 1 aliphatic heterocycles. The molecule has 82 valence electrons. The molecule has 3 heteroatoms. The van der Waals surface area contributed by atoms with Crippen molar-refractivity contribution in [2.45, 2.75) is 56.6 Å². The van der Waals surface area contributed by atoms with Crippen LogP contribution in [0.5, 0.6) is 0 Å². The molecular weight excluding hydrogens is 188 g/mol. The molecule has 2 atom stereocenters. The van der Waals surface area contributed by atoms with Crippen LogP contribution in [0.15, 0.2) is 12.4 Å². The zero-order valence-corrected chi connectivity index (χ0v) is 9.02. The van der Waals surface area contributed by atoms with Crippen LogP contribution in [0, 0.1) is 0 Å². The SMILES string of the molecule is O[C@@H]1CCCC[C@]12CCCn1ccnc12. The van der Waals surface area contributed by atoms with Crippen molar-refractivity contribution in [2.24, 2.45) is 0 Å². The van der Waals surface area contributed by atoms with Crippen LogP contribution in [0.2, 0.25) is 0 Å². The van der Waals surface area contributed by atoms with Crippen molar-refractivity contribution in [3.8, 4) is 0 Å². The third-order valence-corrected chi connectivity index (χ3v) is 4.17. The van der Waals surface area contributed by atoms with E-state index in [0.717, 1.165) is 31.6 Å². The molecule has 1 aliphatic carbocycles. The zero-order valence-electron chi connectivity index (χ0n) is 9.02. The number of rotatable bonds is 0. The van der Waals surface area contributed by atoms with Gasteiger partial charge in [-0.2, -0.15) is 0 Å². The molecule has 2 aliphatic rings. The zero-order chi connectivity index (χ0) is 10.3. The Balaban J connectivity index is 2.05. The highest BCUT2D eigenvalue weighted by molar-refractivity contribution is 5.17. The molecule has 15 heavy (non-hydrogen) atoms. The van der Waals surface area contributed by atoms with Gasteiger partial charge in [-0.1, -0.05) is 12.8 Å². The molecular formula is C12H18N2O. The summed E-state index contributed by atoms with van der Waals surface area (Å²) < 4.78 is 2.23. The van der Waals surface area contributed by atoms with Crippen molar-refractivity contribution in [3.05, 3.63) is 18.2 Å². The number of aryl methyl sites for hydroxylation is 1. The van der Waals surface area contributed by atoms with Gasteiger partial charge in [-0.05, 0) is 25.7 Å². The van der Waals surface area contributed by atoms with Crippen molar-refractivity contribution in [1.29, 1.82) is 0 Å². The first-order chi connectivity index (χ1) is 7.33. The van der Waals surface area contributed by atoms with Crippen LogP contribution in [0.25, 0.3) is 0 Å². The maximum atomic E-state index is 10.3. The van der Waals surface area contributed by atoms with Crippen molar-refractivity contribution in [1.82, 2.24) is 9.55 Å². The minimum atomic E-state index is -0.173. The summed E-state index contributed by atoms with van der Waals surface area (Å²) in [5.74, 6) is 1.14. The molecule has 2 heterocycles. The van der Waals surface area contributed by atoms with Gasteiger partial charge in [0, 0.05) is 18.9 Å². The Labute approximate surface area is 90.1 Å². The van der Waals surface area contributed by atoms with Crippen LogP contribution in [0.1, 0.15) is 44.3 Å². The number of nitrogens with zero attached hydrogens (tertiary/aromatic N) is 2. The van der Waals surface area contributed by atoms with E-state index in [1.165, 1.54) is 19.3 Å². The van der Waals surface area contributed by atoms with Gasteiger partial charge in [0.05, 0.1) is 11.5 Å². The van der Waals surface area contributed by atoms with Crippen LogP contribution in [0.4, 0.5) is 0 Å². The number of imidazole rings is 1. The first-order valence-electron chi connectivity index (χ1n) is 6.03. The standard InChI is InChI=1S/C12H18N2O/c15-10-4-1-2-5-12(10)6-3-8-14-9-7-13-11(12)14/h7,9-10,15H,1-6,8H2/t10-,12+/m1/s1. The van der Waals surface area contributed by atoms with Crippen LogP contribution >= 0.6 is 0 Å². The fourth-order valence-corrected chi connectivity index (χ4v) is 3.37. The molecule has 0 aromatic carbocycles. The van der Waals surface area contributed by atoms with E-state index < -0.39 is 0 Å². The number of aromatic nitrogens is 2. The first kappa shape index (κ1) is 9.40. The monoisotopic (exact) mass is 206 g/mol.